The Kier molecular flexibility index (Phi) is 4.71. The van der Waals surface area contributed by atoms with Gasteiger partial charge in [-0.1, -0.05) is 28.9 Å². The van der Waals surface area contributed by atoms with E-state index in [2.05, 4.69) is 10.1 Å². The molecule has 0 aliphatic rings. The van der Waals surface area contributed by atoms with E-state index in [-0.39, 0.29) is 0 Å². The summed E-state index contributed by atoms with van der Waals surface area (Å²) in [5.74, 6) is 2.36. The molecule has 0 aliphatic heterocycles. The van der Waals surface area contributed by atoms with Crippen LogP contribution in [-0.2, 0) is 12.2 Å². The van der Waals surface area contributed by atoms with E-state index in [9.17, 15) is 0 Å². The SMILES string of the molecule is ClCCc1nc(CSc2ccccc2Cl)no1. The van der Waals surface area contributed by atoms with Gasteiger partial charge in [0.15, 0.2) is 5.82 Å². The van der Waals surface area contributed by atoms with Crippen molar-refractivity contribution in [1.82, 2.24) is 10.1 Å². The molecular weight excluding hydrogens is 279 g/mol. The zero-order chi connectivity index (χ0) is 12.1. The Morgan fingerprint density at radius 3 is 2.88 bits per heavy atom. The number of hydrogen-bond donors (Lipinski definition) is 0. The van der Waals surface area contributed by atoms with Crippen LogP contribution in [0.1, 0.15) is 11.7 Å². The van der Waals surface area contributed by atoms with Crippen molar-refractivity contribution in [3.05, 3.63) is 41.0 Å². The number of hydrogen-bond acceptors (Lipinski definition) is 4. The maximum Gasteiger partial charge on any atom is 0.227 e. The lowest BCUT2D eigenvalue weighted by molar-refractivity contribution is 0.378. The summed E-state index contributed by atoms with van der Waals surface area (Å²) in [7, 11) is 0. The third kappa shape index (κ3) is 3.63. The van der Waals surface area contributed by atoms with Gasteiger partial charge in [-0.05, 0) is 12.1 Å². The van der Waals surface area contributed by atoms with Gasteiger partial charge in [0.2, 0.25) is 5.89 Å². The van der Waals surface area contributed by atoms with Crippen LogP contribution in [0.4, 0.5) is 0 Å². The second kappa shape index (κ2) is 6.28. The summed E-state index contributed by atoms with van der Waals surface area (Å²) in [5, 5.41) is 4.61. The molecule has 0 N–H and O–H groups in total. The van der Waals surface area contributed by atoms with Crippen LogP contribution in [0.2, 0.25) is 5.02 Å². The Morgan fingerprint density at radius 2 is 2.12 bits per heavy atom. The summed E-state index contributed by atoms with van der Waals surface area (Å²) < 4.78 is 5.03. The highest BCUT2D eigenvalue weighted by atomic mass is 35.5. The molecule has 0 spiro atoms. The van der Waals surface area contributed by atoms with E-state index in [1.807, 2.05) is 24.3 Å². The number of halogens is 2. The van der Waals surface area contributed by atoms with Crippen molar-refractivity contribution in [3.63, 3.8) is 0 Å². The lowest BCUT2D eigenvalue weighted by atomic mass is 10.4. The number of aryl methyl sites for hydroxylation is 1. The number of nitrogens with zero attached hydrogens (tertiary/aromatic N) is 2. The van der Waals surface area contributed by atoms with Gasteiger partial charge in [0.25, 0.3) is 0 Å². The summed E-state index contributed by atoms with van der Waals surface area (Å²) in [4.78, 5) is 5.23. The van der Waals surface area contributed by atoms with Gasteiger partial charge in [-0.15, -0.1) is 23.4 Å². The Balaban J connectivity index is 1.95. The standard InChI is InChI=1S/C11H10Cl2N2OS/c12-6-5-11-14-10(15-16-11)7-17-9-4-2-1-3-8(9)13/h1-4H,5-7H2. The smallest absolute Gasteiger partial charge is 0.227 e. The number of alkyl halides is 1. The van der Waals surface area contributed by atoms with Crippen molar-refractivity contribution in [2.45, 2.75) is 17.1 Å². The third-order valence-electron chi connectivity index (χ3n) is 2.01. The van der Waals surface area contributed by atoms with Gasteiger partial charge in [-0.3, -0.25) is 0 Å². The lowest BCUT2D eigenvalue weighted by Crippen LogP contribution is -1.88. The first kappa shape index (κ1) is 12.7. The van der Waals surface area contributed by atoms with E-state index < -0.39 is 0 Å². The van der Waals surface area contributed by atoms with Crippen LogP contribution in [-0.4, -0.2) is 16.0 Å². The molecule has 2 aromatic rings. The molecule has 0 atom stereocenters. The van der Waals surface area contributed by atoms with Crippen molar-refractivity contribution < 1.29 is 4.52 Å². The maximum atomic E-state index is 6.04. The fraction of sp³-hybridized carbons (Fsp3) is 0.273. The van der Waals surface area contributed by atoms with E-state index >= 15 is 0 Å². The molecule has 0 radical (unpaired) electrons. The number of aromatic nitrogens is 2. The molecule has 0 aliphatic carbocycles. The molecule has 3 nitrogen and oxygen atoms in total. The van der Waals surface area contributed by atoms with Gasteiger partial charge in [0, 0.05) is 17.2 Å². The van der Waals surface area contributed by atoms with Gasteiger partial charge < -0.3 is 4.52 Å². The number of benzene rings is 1. The summed E-state index contributed by atoms with van der Waals surface area (Å²) in [6.45, 7) is 0. The Morgan fingerprint density at radius 1 is 1.29 bits per heavy atom. The first-order valence-corrected chi connectivity index (χ1v) is 6.94. The monoisotopic (exact) mass is 288 g/mol. The highest BCUT2D eigenvalue weighted by molar-refractivity contribution is 7.98. The van der Waals surface area contributed by atoms with Gasteiger partial charge in [0.05, 0.1) is 10.8 Å². The molecule has 0 fully saturated rings. The van der Waals surface area contributed by atoms with Crippen LogP contribution in [0.15, 0.2) is 33.7 Å². The van der Waals surface area contributed by atoms with E-state index in [0.29, 0.717) is 29.8 Å². The van der Waals surface area contributed by atoms with E-state index in [1.54, 1.807) is 11.8 Å². The molecular formula is C11H10Cl2N2OS. The normalized spacial score (nSPS) is 10.7. The Hall–Kier alpha value is -0.710. The van der Waals surface area contributed by atoms with Crippen LogP contribution >= 0.6 is 35.0 Å². The average Bonchev–Trinajstić information content (AvgIpc) is 2.76. The van der Waals surface area contributed by atoms with Crippen LogP contribution < -0.4 is 0 Å². The van der Waals surface area contributed by atoms with Gasteiger partial charge in [-0.2, -0.15) is 4.98 Å². The summed E-state index contributed by atoms with van der Waals surface area (Å²) >= 11 is 13.2. The Labute approximate surface area is 113 Å². The topological polar surface area (TPSA) is 38.9 Å². The molecule has 0 saturated heterocycles. The first-order chi connectivity index (χ1) is 8.29. The minimum absolute atomic E-state index is 0.485. The molecule has 1 aromatic heterocycles. The van der Waals surface area contributed by atoms with Crippen molar-refractivity contribution in [2.24, 2.45) is 0 Å². The van der Waals surface area contributed by atoms with E-state index in [1.165, 1.54) is 0 Å². The predicted octanol–water partition coefficient (Wildman–Crippen LogP) is 3.80. The van der Waals surface area contributed by atoms with Crippen molar-refractivity contribution in [3.8, 4) is 0 Å². The molecule has 0 saturated carbocycles. The molecule has 0 unspecified atom stereocenters. The van der Waals surface area contributed by atoms with Gasteiger partial charge in [0.1, 0.15) is 0 Å². The first-order valence-electron chi connectivity index (χ1n) is 5.04. The Bertz CT molecular complexity index is 490. The quantitative estimate of drug-likeness (QED) is 0.620. The molecule has 90 valence electrons. The molecule has 2 rings (SSSR count). The van der Waals surface area contributed by atoms with Crippen molar-refractivity contribution in [1.29, 1.82) is 0 Å². The van der Waals surface area contributed by atoms with Gasteiger partial charge >= 0.3 is 0 Å². The molecule has 6 heteroatoms. The molecule has 1 heterocycles. The fourth-order valence-electron chi connectivity index (χ4n) is 1.24. The molecule has 0 amide bonds. The molecule has 17 heavy (non-hydrogen) atoms. The van der Waals surface area contributed by atoms with Crippen molar-refractivity contribution in [2.75, 3.05) is 5.88 Å². The highest BCUT2D eigenvalue weighted by Crippen LogP contribution is 2.28. The second-order valence-electron chi connectivity index (χ2n) is 3.26. The largest absolute Gasteiger partial charge is 0.339 e. The van der Waals surface area contributed by atoms with Crippen LogP contribution in [0, 0.1) is 0 Å². The summed E-state index contributed by atoms with van der Waals surface area (Å²) in [6, 6.07) is 7.68. The van der Waals surface area contributed by atoms with E-state index in [4.69, 9.17) is 27.7 Å². The highest BCUT2D eigenvalue weighted by Gasteiger charge is 2.07. The predicted molar refractivity (Wildman–Crippen MR) is 69.7 cm³/mol. The van der Waals surface area contributed by atoms with Gasteiger partial charge in [-0.25, -0.2) is 0 Å². The molecule has 1 aromatic carbocycles. The van der Waals surface area contributed by atoms with E-state index in [0.717, 1.165) is 9.92 Å². The summed E-state index contributed by atoms with van der Waals surface area (Å²) in [5.41, 5.74) is 0. The maximum absolute atomic E-state index is 6.04. The number of thioether (sulfide) groups is 1. The average molecular weight is 289 g/mol. The molecule has 0 bridgehead atoms. The zero-order valence-electron chi connectivity index (χ0n) is 8.90. The summed E-state index contributed by atoms with van der Waals surface area (Å²) in [6.07, 6.45) is 0.602. The van der Waals surface area contributed by atoms with Crippen molar-refractivity contribution >= 4 is 35.0 Å². The zero-order valence-corrected chi connectivity index (χ0v) is 11.2. The third-order valence-corrected chi connectivity index (χ3v) is 3.71. The number of rotatable bonds is 5. The second-order valence-corrected chi connectivity index (χ2v) is 5.06. The lowest BCUT2D eigenvalue weighted by Gasteiger charge is -2.00. The van der Waals surface area contributed by atoms with Crippen LogP contribution in [0.3, 0.4) is 0 Å². The van der Waals surface area contributed by atoms with Crippen LogP contribution in [0.25, 0.3) is 0 Å². The van der Waals surface area contributed by atoms with Crippen LogP contribution in [0.5, 0.6) is 0 Å². The fourth-order valence-corrected chi connectivity index (χ4v) is 2.48. The minimum atomic E-state index is 0.485. The minimum Gasteiger partial charge on any atom is -0.339 e.